The van der Waals surface area contributed by atoms with Crippen molar-refractivity contribution < 1.29 is 9.21 Å². The van der Waals surface area contributed by atoms with Gasteiger partial charge >= 0.3 is 0 Å². The molecule has 0 radical (unpaired) electrons. The van der Waals surface area contributed by atoms with Crippen LogP contribution in [0.2, 0.25) is 0 Å². The third kappa shape index (κ3) is 5.03. The summed E-state index contributed by atoms with van der Waals surface area (Å²) in [5.74, 6) is 2.40. The summed E-state index contributed by atoms with van der Waals surface area (Å²) in [6.07, 6.45) is 4.81. The van der Waals surface area contributed by atoms with Gasteiger partial charge in [-0.2, -0.15) is 0 Å². The average molecular weight is 459 g/mol. The first-order valence-electron chi connectivity index (χ1n) is 11.3. The number of hydrogen-bond donors (Lipinski definition) is 0. The fourth-order valence-electron chi connectivity index (χ4n) is 4.29. The first-order valence-corrected chi connectivity index (χ1v) is 12.3. The molecule has 0 aliphatic carbocycles. The van der Waals surface area contributed by atoms with Crippen molar-refractivity contribution in [3.63, 3.8) is 0 Å². The van der Waals surface area contributed by atoms with Gasteiger partial charge in [0.15, 0.2) is 10.9 Å². The van der Waals surface area contributed by atoms with Gasteiger partial charge in [-0.05, 0) is 55.0 Å². The molecule has 4 aromatic rings. The summed E-state index contributed by atoms with van der Waals surface area (Å²) < 4.78 is 7.51. The minimum Gasteiger partial charge on any atom is -0.461 e. The Balaban J connectivity index is 1.22. The first kappa shape index (κ1) is 21.5. The Morgan fingerprint density at radius 1 is 0.939 bits per heavy atom. The lowest BCUT2D eigenvalue weighted by Crippen LogP contribution is -2.39. The number of para-hydroxylation sites is 1. The van der Waals surface area contributed by atoms with Crippen LogP contribution < -0.4 is 0 Å². The van der Waals surface area contributed by atoms with Crippen LogP contribution in [-0.2, 0) is 11.2 Å². The van der Waals surface area contributed by atoms with Crippen molar-refractivity contribution in [2.75, 3.05) is 18.8 Å². The number of rotatable bonds is 7. The van der Waals surface area contributed by atoms with Crippen LogP contribution in [0.3, 0.4) is 0 Å². The second-order valence-corrected chi connectivity index (χ2v) is 9.20. The first-order chi connectivity index (χ1) is 16.3. The number of carbonyl (C=O) groups is 1. The van der Waals surface area contributed by atoms with Crippen LogP contribution >= 0.6 is 11.8 Å². The third-order valence-electron chi connectivity index (χ3n) is 6.05. The molecular weight excluding hydrogens is 432 g/mol. The SMILES string of the molecule is O=C(CSc1nnc(-c2ccco2)n1-c1ccccc1)N1CCC(Cc2ccccc2)CC1. The summed E-state index contributed by atoms with van der Waals surface area (Å²) in [6.45, 7) is 1.64. The summed E-state index contributed by atoms with van der Waals surface area (Å²) >= 11 is 1.42. The Morgan fingerprint density at radius 3 is 2.36 bits per heavy atom. The van der Waals surface area contributed by atoms with Crippen LogP contribution in [0.4, 0.5) is 0 Å². The fourth-order valence-corrected chi connectivity index (χ4v) is 5.14. The summed E-state index contributed by atoms with van der Waals surface area (Å²) in [5, 5.41) is 9.40. The van der Waals surface area contributed by atoms with Gasteiger partial charge in [-0.3, -0.25) is 9.36 Å². The van der Waals surface area contributed by atoms with E-state index in [9.17, 15) is 4.79 Å². The van der Waals surface area contributed by atoms with E-state index in [1.54, 1.807) is 6.26 Å². The molecule has 5 rings (SSSR count). The number of piperidine rings is 1. The van der Waals surface area contributed by atoms with Crippen LogP contribution in [0.5, 0.6) is 0 Å². The Labute approximate surface area is 197 Å². The molecule has 0 spiro atoms. The number of amides is 1. The molecule has 0 atom stereocenters. The predicted molar refractivity (Wildman–Crippen MR) is 129 cm³/mol. The number of furan rings is 1. The monoisotopic (exact) mass is 458 g/mol. The molecule has 0 saturated carbocycles. The van der Waals surface area contributed by atoms with E-state index in [4.69, 9.17) is 4.42 Å². The maximum Gasteiger partial charge on any atom is 0.233 e. The zero-order chi connectivity index (χ0) is 22.5. The van der Waals surface area contributed by atoms with E-state index in [2.05, 4.69) is 40.5 Å². The van der Waals surface area contributed by atoms with Gasteiger partial charge in [-0.1, -0.05) is 60.3 Å². The molecule has 0 N–H and O–H groups in total. The van der Waals surface area contributed by atoms with Crippen LogP contribution in [0.15, 0.2) is 88.6 Å². The van der Waals surface area contributed by atoms with E-state index in [0.717, 1.165) is 38.0 Å². The van der Waals surface area contributed by atoms with Gasteiger partial charge in [-0.15, -0.1) is 10.2 Å². The quantitative estimate of drug-likeness (QED) is 0.361. The van der Waals surface area contributed by atoms with Crippen molar-refractivity contribution in [2.45, 2.75) is 24.4 Å². The lowest BCUT2D eigenvalue weighted by Gasteiger charge is -2.32. The van der Waals surface area contributed by atoms with E-state index in [1.165, 1.54) is 17.3 Å². The fraction of sp³-hybridized carbons (Fsp3) is 0.269. The van der Waals surface area contributed by atoms with Crippen molar-refractivity contribution in [1.29, 1.82) is 0 Å². The number of likely N-dealkylation sites (tertiary alicyclic amines) is 1. The highest BCUT2D eigenvalue weighted by molar-refractivity contribution is 7.99. The van der Waals surface area contributed by atoms with Crippen molar-refractivity contribution in [3.8, 4) is 17.3 Å². The molecule has 2 aromatic carbocycles. The summed E-state index contributed by atoms with van der Waals surface area (Å²) in [5.41, 5.74) is 2.32. The molecule has 1 fully saturated rings. The van der Waals surface area contributed by atoms with Crippen molar-refractivity contribution >= 4 is 17.7 Å². The summed E-state index contributed by atoms with van der Waals surface area (Å²) in [6, 6.07) is 24.2. The topological polar surface area (TPSA) is 64.2 Å². The van der Waals surface area contributed by atoms with Crippen LogP contribution in [0.25, 0.3) is 17.3 Å². The molecule has 33 heavy (non-hydrogen) atoms. The molecule has 0 bridgehead atoms. The maximum absolute atomic E-state index is 12.9. The van der Waals surface area contributed by atoms with Crippen LogP contribution in [0.1, 0.15) is 18.4 Å². The second-order valence-electron chi connectivity index (χ2n) is 8.26. The van der Waals surface area contributed by atoms with Crippen LogP contribution in [-0.4, -0.2) is 44.4 Å². The molecule has 1 amide bonds. The molecule has 168 valence electrons. The standard InChI is InChI=1S/C26H26N4O2S/c31-24(29-15-13-21(14-16-29)18-20-8-3-1-4-9-20)19-33-26-28-27-25(23-12-7-17-32-23)30(26)22-10-5-2-6-11-22/h1-12,17,21H,13-16,18-19H2. The molecular formula is C26H26N4O2S. The molecule has 7 heteroatoms. The molecule has 1 aliphatic heterocycles. The Hall–Kier alpha value is -3.32. The van der Waals surface area contributed by atoms with Gasteiger partial charge in [-0.25, -0.2) is 0 Å². The van der Waals surface area contributed by atoms with Gasteiger partial charge in [0, 0.05) is 18.8 Å². The molecule has 6 nitrogen and oxygen atoms in total. The van der Waals surface area contributed by atoms with Gasteiger partial charge in [0.25, 0.3) is 0 Å². The number of carbonyl (C=O) groups excluding carboxylic acids is 1. The number of benzene rings is 2. The zero-order valence-electron chi connectivity index (χ0n) is 18.3. The van der Waals surface area contributed by atoms with E-state index in [-0.39, 0.29) is 5.91 Å². The maximum atomic E-state index is 12.9. The number of thioether (sulfide) groups is 1. The van der Waals surface area contributed by atoms with Gasteiger partial charge in [0.05, 0.1) is 12.0 Å². The van der Waals surface area contributed by atoms with Gasteiger partial charge in [0.2, 0.25) is 11.7 Å². The van der Waals surface area contributed by atoms with Crippen molar-refractivity contribution in [1.82, 2.24) is 19.7 Å². The Bertz CT molecular complexity index is 1170. The third-order valence-corrected chi connectivity index (χ3v) is 6.96. The number of nitrogens with zero attached hydrogens (tertiary/aromatic N) is 4. The molecule has 0 unspecified atom stereocenters. The summed E-state index contributed by atoms with van der Waals surface area (Å²) in [4.78, 5) is 14.9. The Morgan fingerprint density at radius 2 is 1.67 bits per heavy atom. The van der Waals surface area contributed by atoms with E-state index < -0.39 is 0 Å². The second kappa shape index (κ2) is 10.1. The molecule has 1 saturated heterocycles. The lowest BCUT2D eigenvalue weighted by atomic mass is 9.90. The predicted octanol–water partition coefficient (Wildman–Crippen LogP) is 5.10. The number of aromatic nitrogens is 3. The molecule has 3 heterocycles. The summed E-state index contributed by atoms with van der Waals surface area (Å²) in [7, 11) is 0. The largest absolute Gasteiger partial charge is 0.461 e. The van der Waals surface area contributed by atoms with E-state index in [1.807, 2.05) is 51.9 Å². The highest BCUT2D eigenvalue weighted by atomic mass is 32.2. The highest BCUT2D eigenvalue weighted by Crippen LogP contribution is 2.29. The van der Waals surface area contributed by atoms with Gasteiger partial charge < -0.3 is 9.32 Å². The molecule has 2 aromatic heterocycles. The zero-order valence-corrected chi connectivity index (χ0v) is 19.2. The normalized spacial score (nSPS) is 14.5. The lowest BCUT2D eigenvalue weighted by molar-refractivity contribution is -0.129. The average Bonchev–Trinajstić information content (AvgIpc) is 3.54. The molecule has 1 aliphatic rings. The Kier molecular flexibility index (Phi) is 6.58. The van der Waals surface area contributed by atoms with Crippen molar-refractivity contribution in [2.24, 2.45) is 5.92 Å². The number of hydrogen-bond acceptors (Lipinski definition) is 5. The smallest absolute Gasteiger partial charge is 0.233 e. The minimum atomic E-state index is 0.153. The van der Waals surface area contributed by atoms with E-state index >= 15 is 0 Å². The van der Waals surface area contributed by atoms with E-state index in [0.29, 0.717) is 28.4 Å². The van der Waals surface area contributed by atoms with Crippen LogP contribution in [0, 0.1) is 5.92 Å². The van der Waals surface area contributed by atoms with Crippen molar-refractivity contribution in [3.05, 3.63) is 84.6 Å². The van der Waals surface area contributed by atoms with Gasteiger partial charge in [0.1, 0.15) is 0 Å². The minimum absolute atomic E-state index is 0.153. The highest BCUT2D eigenvalue weighted by Gasteiger charge is 2.24.